The van der Waals surface area contributed by atoms with Crippen molar-refractivity contribution in [3.05, 3.63) is 58.7 Å². The Hall–Kier alpha value is -2.90. The van der Waals surface area contributed by atoms with Gasteiger partial charge in [0.15, 0.2) is 5.78 Å². The molecule has 0 radical (unpaired) electrons. The summed E-state index contributed by atoms with van der Waals surface area (Å²) in [6.07, 6.45) is 0.470. The zero-order valence-corrected chi connectivity index (χ0v) is 16.1. The summed E-state index contributed by atoms with van der Waals surface area (Å²) in [5.41, 5.74) is 6.35. The standard InChI is InChI=1S/C20H26N4O3/c1-5-18(25)15-9-10-19(14(3)11-15)27-12-16-13(2)7-6-8-17(16)22-20(26)24(4)23-21/h6-11,23H,5,12,21H2,1-4H3,(H,22,26). The van der Waals surface area contributed by atoms with Gasteiger partial charge in [0.25, 0.3) is 0 Å². The lowest BCUT2D eigenvalue weighted by Crippen LogP contribution is -2.46. The molecule has 2 amide bonds. The SMILES string of the molecule is CCC(=O)c1ccc(OCc2c(C)cccc2NC(=O)N(C)NN)c(C)c1. The summed E-state index contributed by atoms with van der Waals surface area (Å²) < 4.78 is 5.96. The van der Waals surface area contributed by atoms with Crippen molar-refractivity contribution in [3.63, 3.8) is 0 Å². The lowest BCUT2D eigenvalue weighted by atomic mass is 10.1. The number of hydrazine groups is 2. The van der Waals surface area contributed by atoms with Gasteiger partial charge in [0.1, 0.15) is 12.4 Å². The Labute approximate surface area is 159 Å². The quantitative estimate of drug-likeness (QED) is 0.395. The smallest absolute Gasteiger partial charge is 0.337 e. The van der Waals surface area contributed by atoms with E-state index in [2.05, 4.69) is 10.9 Å². The van der Waals surface area contributed by atoms with Crippen LogP contribution < -0.4 is 21.4 Å². The van der Waals surface area contributed by atoms with E-state index < -0.39 is 0 Å². The van der Waals surface area contributed by atoms with Crippen LogP contribution in [0.25, 0.3) is 0 Å². The lowest BCUT2D eigenvalue weighted by molar-refractivity contribution is 0.0988. The highest BCUT2D eigenvalue weighted by Gasteiger charge is 2.13. The van der Waals surface area contributed by atoms with Gasteiger partial charge in [-0.1, -0.05) is 19.1 Å². The Morgan fingerprint density at radius 2 is 1.89 bits per heavy atom. The van der Waals surface area contributed by atoms with E-state index in [1.54, 1.807) is 12.1 Å². The minimum absolute atomic E-state index is 0.103. The van der Waals surface area contributed by atoms with Gasteiger partial charge in [0, 0.05) is 30.3 Å². The van der Waals surface area contributed by atoms with Crippen molar-refractivity contribution < 1.29 is 14.3 Å². The van der Waals surface area contributed by atoms with Crippen LogP contribution in [0.4, 0.5) is 10.5 Å². The average molecular weight is 370 g/mol. The van der Waals surface area contributed by atoms with Gasteiger partial charge in [-0.05, 0) is 49.2 Å². The van der Waals surface area contributed by atoms with Gasteiger partial charge < -0.3 is 10.1 Å². The van der Waals surface area contributed by atoms with Gasteiger partial charge in [-0.15, -0.1) is 0 Å². The van der Waals surface area contributed by atoms with Crippen LogP contribution in [0.5, 0.6) is 5.75 Å². The number of amides is 2. The van der Waals surface area contributed by atoms with Gasteiger partial charge in [-0.2, -0.15) is 5.53 Å². The first-order chi connectivity index (χ1) is 12.9. The number of anilines is 1. The molecule has 0 unspecified atom stereocenters. The molecular formula is C20H26N4O3. The molecule has 0 aliphatic heterocycles. The number of carbonyl (C=O) groups is 2. The molecule has 0 fully saturated rings. The number of urea groups is 1. The molecule has 0 saturated carbocycles. The molecule has 2 aromatic rings. The Morgan fingerprint density at radius 1 is 1.15 bits per heavy atom. The van der Waals surface area contributed by atoms with E-state index in [4.69, 9.17) is 10.6 Å². The number of hydrogen-bond acceptors (Lipinski definition) is 5. The summed E-state index contributed by atoms with van der Waals surface area (Å²) in [7, 11) is 1.52. The maximum absolute atomic E-state index is 12.1. The summed E-state index contributed by atoms with van der Waals surface area (Å²) in [5.74, 6) is 6.06. The van der Waals surface area contributed by atoms with Gasteiger partial charge in [-0.3, -0.25) is 10.6 Å². The second kappa shape index (κ2) is 9.16. The third-order valence-electron chi connectivity index (χ3n) is 4.34. The molecule has 0 heterocycles. The Morgan fingerprint density at radius 3 is 2.52 bits per heavy atom. The molecule has 4 N–H and O–H groups in total. The molecule has 0 saturated heterocycles. The van der Waals surface area contributed by atoms with E-state index in [-0.39, 0.29) is 18.4 Å². The number of Topliss-reactive ketones (excluding diaryl/α,β-unsaturated/α-hetero) is 1. The number of aryl methyl sites for hydroxylation is 2. The van der Waals surface area contributed by atoms with Crippen LogP contribution in [0.15, 0.2) is 36.4 Å². The maximum atomic E-state index is 12.1. The second-order valence-corrected chi connectivity index (χ2v) is 6.26. The van der Waals surface area contributed by atoms with Crippen molar-refractivity contribution in [2.45, 2.75) is 33.8 Å². The van der Waals surface area contributed by atoms with Gasteiger partial charge in [0.2, 0.25) is 0 Å². The number of hydrogen-bond donors (Lipinski definition) is 3. The fourth-order valence-corrected chi connectivity index (χ4v) is 2.61. The van der Waals surface area contributed by atoms with Crippen molar-refractivity contribution in [1.82, 2.24) is 10.5 Å². The molecule has 7 nitrogen and oxygen atoms in total. The number of rotatable bonds is 7. The van der Waals surface area contributed by atoms with E-state index in [1.165, 1.54) is 7.05 Å². The van der Waals surface area contributed by atoms with Crippen LogP contribution >= 0.6 is 0 Å². The molecule has 0 aliphatic carbocycles. The fourth-order valence-electron chi connectivity index (χ4n) is 2.61. The number of nitrogens with one attached hydrogen (secondary N) is 2. The summed E-state index contributed by atoms with van der Waals surface area (Å²) in [6, 6.07) is 10.7. The van der Waals surface area contributed by atoms with Crippen molar-refractivity contribution in [1.29, 1.82) is 0 Å². The highest BCUT2D eigenvalue weighted by Crippen LogP contribution is 2.25. The van der Waals surface area contributed by atoms with Crippen molar-refractivity contribution in [3.8, 4) is 5.75 Å². The predicted molar refractivity (Wildman–Crippen MR) is 105 cm³/mol. The number of benzene rings is 2. The average Bonchev–Trinajstić information content (AvgIpc) is 2.66. The number of ketones is 1. The van der Waals surface area contributed by atoms with Crippen LogP contribution in [-0.4, -0.2) is 23.9 Å². The number of nitrogens with zero attached hydrogens (tertiary/aromatic N) is 1. The number of nitrogens with two attached hydrogens (primary N) is 1. The summed E-state index contributed by atoms with van der Waals surface area (Å²) in [5, 5.41) is 3.94. The molecular weight excluding hydrogens is 344 g/mol. The minimum atomic E-state index is -0.386. The molecule has 144 valence electrons. The van der Waals surface area contributed by atoms with Gasteiger partial charge >= 0.3 is 6.03 Å². The zero-order valence-electron chi connectivity index (χ0n) is 16.1. The normalized spacial score (nSPS) is 10.4. The van der Waals surface area contributed by atoms with E-state index in [9.17, 15) is 9.59 Å². The lowest BCUT2D eigenvalue weighted by Gasteiger charge is -2.19. The molecule has 7 heteroatoms. The topological polar surface area (TPSA) is 96.7 Å². The van der Waals surface area contributed by atoms with Crippen molar-refractivity contribution in [2.24, 2.45) is 5.84 Å². The summed E-state index contributed by atoms with van der Waals surface area (Å²) in [6.45, 7) is 5.98. The largest absolute Gasteiger partial charge is 0.489 e. The van der Waals surface area contributed by atoms with Crippen molar-refractivity contribution in [2.75, 3.05) is 12.4 Å². The summed E-state index contributed by atoms with van der Waals surface area (Å²) in [4.78, 5) is 23.9. The van der Waals surface area contributed by atoms with Crippen LogP contribution in [0.2, 0.25) is 0 Å². The first-order valence-electron chi connectivity index (χ1n) is 8.73. The van der Waals surface area contributed by atoms with Gasteiger partial charge in [0.05, 0.1) is 0 Å². The highest BCUT2D eigenvalue weighted by molar-refractivity contribution is 5.96. The van der Waals surface area contributed by atoms with Crippen LogP contribution in [0.3, 0.4) is 0 Å². The van der Waals surface area contributed by atoms with E-state index in [0.717, 1.165) is 21.7 Å². The maximum Gasteiger partial charge on any atom is 0.337 e. The summed E-state index contributed by atoms with van der Waals surface area (Å²) >= 11 is 0. The fraction of sp³-hybridized carbons (Fsp3) is 0.300. The molecule has 2 rings (SSSR count). The Balaban J connectivity index is 2.18. The molecule has 0 aliphatic rings. The Kier molecular flexibility index (Phi) is 6.92. The molecule has 0 aromatic heterocycles. The van der Waals surface area contributed by atoms with E-state index in [1.807, 2.05) is 45.0 Å². The predicted octanol–water partition coefficient (Wildman–Crippen LogP) is 3.32. The number of carbonyl (C=O) groups excluding carboxylic acids is 2. The highest BCUT2D eigenvalue weighted by atomic mass is 16.5. The first kappa shape index (κ1) is 20.4. The number of ether oxygens (including phenoxy) is 1. The minimum Gasteiger partial charge on any atom is -0.489 e. The van der Waals surface area contributed by atoms with Crippen molar-refractivity contribution >= 4 is 17.5 Å². The van der Waals surface area contributed by atoms with Crippen LogP contribution in [0.1, 0.15) is 40.4 Å². The first-order valence-corrected chi connectivity index (χ1v) is 8.73. The van der Waals surface area contributed by atoms with Crippen LogP contribution in [-0.2, 0) is 6.61 Å². The zero-order chi connectivity index (χ0) is 20.0. The molecule has 2 aromatic carbocycles. The molecule has 27 heavy (non-hydrogen) atoms. The monoisotopic (exact) mass is 370 g/mol. The molecule has 0 spiro atoms. The van der Waals surface area contributed by atoms with E-state index in [0.29, 0.717) is 23.4 Å². The Bertz CT molecular complexity index is 836. The van der Waals surface area contributed by atoms with Crippen LogP contribution in [0, 0.1) is 13.8 Å². The second-order valence-electron chi connectivity index (χ2n) is 6.26. The third kappa shape index (κ3) is 5.06. The molecule has 0 atom stereocenters. The molecule has 0 bridgehead atoms. The third-order valence-corrected chi connectivity index (χ3v) is 4.34. The van der Waals surface area contributed by atoms with Gasteiger partial charge in [-0.25, -0.2) is 9.80 Å². The van der Waals surface area contributed by atoms with E-state index >= 15 is 0 Å².